The molecular weight excluding hydrogens is 296 g/mol. The van der Waals surface area contributed by atoms with E-state index in [-0.39, 0.29) is 0 Å². The van der Waals surface area contributed by atoms with Crippen LogP contribution in [0.5, 0.6) is 5.75 Å². The van der Waals surface area contributed by atoms with Crippen LogP contribution >= 0.6 is 11.3 Å². The van der Waals surface area contributed by atoms with Gasteiger partial charge in [0.15, 0.2) is 0 Å². The zero-order chi connectivity index (χ0) is 14.9. The lowest BCUT2D eigenvalue weighted by Crippen LogP contribution is -1.96. The number of aromatic nitrogens is 3. The normalized spacial score (nSPS) is 11.0. The van der Waals surface area contributed by atoms with Crippen LogP contribution in [0.3, 0.4) is 0 Å². The van der Waals surface area contributed by atoms with Crippen LogP contribution in [0.1, 0.15) is 0 Å². The minimum Gasteiger partial charge on any atom is -0.497 e. The third-order valence-electron chi connectivity index (χ3n) is 3.44. The number of anilines is 2. The molecule has 4 aromatic rings. The summed E-state index contributed by atoms with van der Waals surface area (Å²) < 4.78 is 6.40. The minimum absolute atomic E-state index is 0.766. The molecule has 0 aliphatic heterocycles. The van der Waals surface area contributed by atoms with E-state index >= 15 is 0 Å². The Balaban J connectivity index is 1.76. The molecular formula is C16H12N4OS. The molecule has 1 N–H and O–H groups in total. The summed E-state index contributed by atoms with van der Waals surface area (Å²) in [5.74, 6) is 1.54. The average Bonchev–Trinajstić information content (AvgIpc) is 3.02. The highest BCUT2D eigenvalue weighted by molar-refractivity contribution is 7.16. The minimum atomic E-state index is 0.766. The van der Waals surface area contributed by atoms with Crippen molar-refractivity contribution in [2.75, 3.05) is 12.4 Å². The monoisotopic (exact) mass is 308 g/mol. The maximum atomic E-state index is 5.23. The zero-order valence-electron chi connectivity index (χ0n) is 11.8. The number of hydrogen-bond donors (Lipinski definition) is 1. The summed E-state index contributed by atoms with van der Waals surface area (Å²) in [7, 11) is 1.64. The molecule has 0 saturated carbocycles. The lowest BCUT2D eigenvalue weighted by molar-refractivity contribution is 0.415. The Labute approximate surface area is 130 Å². The van der Waals surface area contributed by atoms with Crippen LogP contribution in [0, 0.1) is 0 Å². The van der Waals surface area contributed by atoms with Crippen LogP contribution in [-0.2, 0) is 0 Å². The van der Waals surface area contributed by atoms with Gasteiger partial charge in [-0.15, -0.1) is 11.3 Å². The fraction of sp³-hybridized carbons (Fsp3) is 0.0625. The van der Waals surface area contributed by atoms with Crippen molar-refractivity contribution in [2.45, 2.75) is 0 Å². The maximum absolute atomic E-state index is 5.23. The van der Waals surface area contributed by atoms with E-state index in [2.05, 4.69) is 26.3 Å². The van der Waals surface area contributed by atoms with Gasteiger partial charge < -0.3 is 10.1 Å². The largest absolute Gasteiger partial charge is 0.497 e. The Hall–Kier alpha value is -2.73. The molecule has 2 aromatic carbocycles. The Morgan fingerprint density at radius 1 is 1.00 bits per heavy atom. The van der Waals surface area contributed by atoms with Crippen molar-refractivity contribution in [1.82, 2.24) is 15.0 Å². The maximum Gasteiger partial charge on any atom is 0.141 e. The van der Waals surface area contributed by atoms with E-state index in [4.69, 9.17) is 4.74 Å². The molecule has 0 unspecified atom stereocenters. The van der Waals surface area contributed by atoms with Crippen LogP contribution in [0.15, 0.2) is 48.2 Å². The van der Waals surface area contributed by atoms with Gasteiger partial charge in [0, 0.05) is 17.1 Å². The molecule has 2 heterocycles. The average molecular weight is 308 g/mol. The molecule has 0 amide bonds. The van der Waals surface area contributed by atoms with E-state index in [9.17, 15) is 0 Å². The highest BCUT2D eigenvalue weighted by Gasteiger charge is 2.06. The smallest absolute Gasteiger partial charge is 0.141 e. The number of benzene rings is 2. The lowest BCUT2D eigenvalue weighted by Gasteiger charge is -2.09. The highest BCUT2D eigenvalue weighted by atomic mass is 32.1. The van der Waals surface area contributed by atoms with Crippen LogP contribution in [0.25, 0.3) is 21.1 Å². The Bertz CT molecular complexity index is 967. The van der Waals surface area contributed by atoms with Crippen LogP contribution in [0.4, 0.5) is 11.5 Å². The summed E-state index contributed by atoms with van der Waals surface area (Å²) in [6.07, 6.45) is 1.55. The molecule has 5 nitrogen and oxygen atoms in total. The summed E-state index contributed by atoms with van der Waals surface area (Å²) in [6, 6.07) is 11.9. The van der Waals surface area contributed by atoms with Crippen LogP contribution in [0.2, 0.25) is 0 Å². The SMILES string of the molecule is COc1ccc2c(Nc3ccc4scnc4c3)ncnc2c1. The summed E-state index contributed by atoms with van der Waals surface area (Å²) in [5, 5.41) is 4.29. The first kappa shape index (κ1) is 13.0. The van der Waals surface area contributed by atoms with E-state index < -0.39 is 0 Å². The number of nitrogens with zero attached hydrogens (tertiary/aromatic N) is 3. The van der Waals surface area contributed by atoms with Gasteiger partial charge in [0.05, 0.1) is 28.4 Å². The first-order chi connectivity index (χ1) is 10.8. The molecule has 0 bridgehead atoms. The van der Waals surface area contributed by atoms with Gasteiger partial charge in [-0.1, -0.05) is 0 Å². The number of ether oxygens (including phenoxy) is 1. The predicted octanol–water partition coefficient (Wildman–Crippen LogP) is 3.99. The van der Waals surface area contributed by atoms with Crippen molar-refractivity contribution >= 4 is 44.0 Å². The Morgan fingerprint density at radius 2 is 1.95 bits per heavy atom. The first-order valence-corrected chi connectivity index (χ1v) is 7.60. The molecule has 0 fully saturated rings. The second-order valence-corrected chi connectivity index (χ2v) is 5.65. The van der Waals surface area contributed by atoms with Crippen molar-refractivity contribution in [3.05, 3.63) is 48.2 Å². The van der Waals surface area contributed by atoms with Gasteiger partial charge in [-0.25, -0.2) is 15.0 Å². The summed E-state index contributed by atoms with van der Waals surface area (Å²) in [4.78, 5) is 13.0. The predicted molar refractivity (Wildman–Crippen MR) is 89.0 cm³/mol. The van der Waals surface area contributed by atoms with Gasteiger partial charge in [0.25, 0.3) is 0 Å². The first-order valence-electron chi connectivity index (χ1n) is 6.72. The molecule has 0 radical (unpaired) electrons. The van der Waals surface area contributed by atoms with Crippen molar-refractivity contribution < 1.29 is 4.74 Å². The van der Waals surface area contributed by atoms with E-state index in [1.807, 2.05) is 35.8 Å². The third-order valence-corrected chi connectivity index (χ3v) is 4.25. The molecule has 22 heavy (non-hydrogen) atoms. The second kappa shape index (κ2) is 5.23. The van der Waals surface area contributed by atoms with Crippen molar-refractivity contribution in [3.63, 3.8) is 0 Å². The fourth-order valence-electron chi connectivity index (χ4n) is 2.34. The number of nitrogens with one attached hydrogen (secondary N) is 1. The molecule has 0 atom stereocenters. The number of methoxy groups -OCH3 is 1. The second-order valence-electron chi connectivity index (χ2n) is 4.77. The third kappa shape index (κ3) is 2.23. The van der Waals surface area contributed by atoms with E-state index in [0.717, 1.165) is 33.7 Å². The Morgan fingerprint density at radius 3 is 2.86 bits per heavy atom. The van der Waals surface area contributed by atoms with Gasteiger partial charge in [-0.05, 0) is 30.3 Å². The molecule has 0 aliphatic carbocycles. The number of thiazole rings is 1. The molecule has 0 aliphatic rings. The Kier molecular flexibility index (Phi) is 3.08. The highest BCUT2D eigenvalue weighted by Crippen LogP contribution is 2.28. The standard InChI is InChI=1S/C16H12N4OS/c1-21-11-3-4-12-13(7-11)17-8-18-16(12)20-10-2-5-15-14(6-10)19-9-22-15/h2-9H,1H3,(H,17,18,20). The quantitative estimate of drug-likeness (QED) is 0.620. The van der Waals surface area contributed by atoms with Gasteiger partial charge >= 0.3 is 0 Å². The van der Waals surface area contributed by atoms with Crippen molar-refractivity contribution in [2.24, 2.45) is 0 Å². The number of fused-ring (bicyclic) bond motifs is 2. The summed E-state index contributed by atoms with van der Waals surface area (Å²) >= 11 is 1.63. The molecule has 4 rings (SSSR count). The number of hydrogen-bond acceptors (Lipinski definition) is 6. The van der Waals surface area contributed by atoms with Crippen LogP contribution in [-0.4, -0.2) is 22.1 Å². The van der Waals surface area contributed by atoms with Gasteiger partial charge in [-0.3, -0.25) is 0 Å². The molecule has 2 aromatic heterocycles. The fourth-order valence-corrected chi connectivity index (χ4v) is 2.99. The van der Waals surface area contributed by atoms with E-state index in [1.54, 1.807) is 24.8 Å². The molecule has 108 valence electrons. The zero-order valence-corrected chi connectivity index (χ0v) is 12.6. The van der Waals surface area contributed by atoms with E-state index in [0.29, 0.717) is 0 Å². The summed E-state index contributed by atoms with van der Waals surface area (Å²) in [6.45, 7) is 0. The van der Waals surface area contributed by atoms with E-state index in [1.165, 1.54) is 4.70 Å². The summed E-state index contributed by atoms with van der Waals surface area (Å²) in [5.41, 5.74) is 4.62. The van der Waals surface area contributed by atoms with Crippen molar-refractivity contribution in [3.8, 4) is 5.75 Å². The van der Waals surface area contributed by atoms with Gasteiger partial charge in [-0.2, -0.15) is 0 Å². The molecule has 6 heteroatoms. The molecule has 0 saturated heterocycles. The van der Waals surface area contributed by atoms with Crippen molar-refractivity contribution in [1.29, 1.82) is 0 Å². The lowest BCUT2D eigenvalue weighted by atomic mass is 10.2. The number of rotatable bonds is 3. The van der Waals surface area contributed by atoms with Crippen LogP contribution < -0.4 is 10.1 Å². The molecule has 0 spiro atoms. The topological polar surface area (TPSA) is 59.9 Å². The van der Waals surface area contributed by atoms with Gasteiger partial charge in [0.2, 0.25) is 0 Å². The van der Waals surface area contributed by atoms with Gasteiger partial charge in [0.1, 0.15) is 17.9 Å².